The Morgan fingerprint density at radius 3 is 1.92 bits per heavy atom. The Kier molecular flexibility index (Phi) is 8.41. The zero-order valence-electron chi connectivity index (χ0n) is 21.0. The maximum absolute atomic E-state index is 13.6. The van der Waals surface area contributed by atoms with E-state index in [0.29, 0.717) is 16.8 Å². The number of Topliss-reactive ketones (excluding diaryl/α,β-unsaturated/α-hetero) is 1. The molecule has 0 saturated carbocycles. The van der Waals surface area contributed by atoms with Gasteiger partial charge >= 0.3 is 5.97 Å². The minimum Gasteiger partial charge on any atom is -0.480 e. The highest BCUT2D eigenvalue weighted by Gasteiger charge is 2.55. The number of hydrogen-bond donors (Lipinski definition) is 7. The number of rotatable bonds is 10. The van der Waals surface area contributed by atoms with Gasteiger partial charge in [0, 0.05) is 35.5 Å². The quantitative estimate of drug-likeness (QED) is 0.117. The van der Waals surface area contributed by atoms with E-state index in [4.69, 9.17) is 22.3 Å². The normalized spacial score (nSPS) is 17.3. The molecule has 1 aliphatic rings. The van der Waals surface area contributed by atoms with Crippen molar-refractivity contribution < 1.29 is 29.1 Å². The zero-order valence-corrected chi connectivity index (χ0v) is 21.0. The highest BCUT2D eigenvalue weighted by Crippen LogP contribution is 2.28. The average Bonchev–Trinajstić information content (AvgIpc) is 2.87. The molecule has 1 heterocycles. The lowest BCUT2D eigenvalue weighted by molar-refractivity contribution is -0.166. The van der Waals surface area contributed by atoms with Gasteiger partial charge in [-0.25, -0.2) is 0 Å². The minimum absolute atomic E-state index is 0.127. The molecule has 9 N–H and O–H groups in total. The van der Waals surface area contributed by atoms with Crippen molar-refractivity contribution in [2.45, 2.75) is 18.9 Å². The summed E-state index contributed by atoms with van der Waals surface area (Å²) in [7, 11) is 0. The summed E-state index contributed by atoms with van der Waals surface area (Å²) in [4.78, 5) is 65.1. The fraction of sp³-hybridized carbons (Fsp3) is 0.240. The number of carboxylic acids is 1. The number of piperazine rings is 1. The third-order valence-corrected chi connectivity index (χ3v) is 6.19. The molecule has 1 fully saturated rings. The molecule has 1 saturated heterocycles. The number of anilines is 1. The first-order valence-electron chi connectivity index (χ1n) is 11.6. The minimum atomic E-state index is -2.23. The summed E-state index contributed by atoms with van der Waals surface area (Å²) < 4.78 is 0. The van der Waals surface area contributed by atoms with Gasteiger partial charge in [0.25, 0.3) is 11.8 Å². The average molecular weight is 537 g/mol. The SMILES string of the molecule is CC(=O)[C@@]1(CC(=O)Nc2ccc(C(=N)N)cc2)C(=O)N(CC(=O)O)CCN1NC(=O)c1ccc(C(=N)N)cc1. The molecule has 2 aromatic rings. The van der Waals surface area contributed by atoms with Crippen molar-refractivity contribution in [2.75, 3.05) is 25.0 Å². The Morgan fingerprint density at radius 1 is 0.923 bits per heavy atom. The van der Waals surface area contributed by atoms with Gasteiger partial charge in [-0.2, -0.15) is 5.01 Å². The summed E-state index contributed by atoms with van der Waals surface area (Å²) in [5, 5.41) is 27.8. The van der Waals surface area contributed by atoms with Crippen molar-refractivity contribution >= 4 is 46.8 Å². The van der Waals surface area contributed by atoms with E-state index < -0.39 is 48.0 Å². The van der Waals surface area contributed by atoms with Gasteiger partial charge in [-0.1, -0.05) is 12.1 Å². The molecule has 0 aliphatic carbocycles. The number of aliphatic carboxylic acids is 1. The van der Waals surface area contributed by atoms with Crippen LogP contribution in [0.2, 0.25) is 0 Å². The Hall–Kier alpha value is -5.11. The number of ketones is 1. The number of carbonyl (C=O) groups excluding carboxylic acids is 4. The lowest BCUT2D eigenvalue weighted by Gasteiger charge is -2.47. The Labute approximate surface area is 222 Å². The highest BCUT2D eigenvalue weighted by molar-refractivity contribution is 6.14. The third-order valence-electron chi connectivity index (χ3n) is 6.19. The van der Waals surface area contributed by atoms with E-state index in [-0.39, 0.29) is 30.3 Å². The van der Waals surface area contributed by atoms with Gasteiger partial charge in [-0.3, -0.25) is 40.2 Å². The van der Waals surface area contributed by atoms with Crippen LogP contribution in [0.5, 0.6) is 0 Å². The van der Waals surface area contributed by atoms with Crippen LogP contribution in [-0.4, -0.2) is 81.3 Å². The summed E-state index contributed by atoms with van der Waals surface area (Å²) in [5.74, 6) is -4.85. The van der Waals surface area contributed by atoms with Crippen LogP contribution < -0.4 is 22.2 Å². The highest BCUT2D eigenvalue weighted by atomic mass is 16.4. The maximum Gasteiger partial charge on any atom is 0.323 e. The van der Waals surface area contributed by atoms with Crippen LogP contribution >= 0.6 is 0 Å². The van der Waals surface area contributed by atoms with Crippen LogP contribution in [0, 0.1) is 10.8 Å². The van der Waals surface area contributed by atoms with Crippen molar-refractivity contribution in [1.29, 1.82) is 10.8 Å². The summed E-state index contributed by atoms with van der Waals surface area (Å²) in [5.41, 5.74) is 12.4. The number of amides is 3. The maximum atomic E-state index is 13.6. The predicted molar refractivity (Wildman–Crippen MR) is 140 cm³/mol. The van der Waals surface area contributed by atoms with Gasteiger partial charge in [0.2, 0.25) is 5.91 Å². The third kappa shape index (κ3) is 6.24. The molecule has 1 aliphatic heterocycles. The first-order valence-corrected chi connectivity index (χ1v) is 11.6. The number of carbonyl (C=O) groups is 5. The molecule has 3 amide bonds. The standard InChI is InChI=1S/C25H28N8O6/c1-14(34)25(12-19(35)30-18-8-6-16(7-9-18)22(28)29)24(39)32(13-20(36)37)10-11-33(25)31-23(38)17-4-2-15(3-5-17)21(26)27/h2-9H,10-13H2,1H3,(H3,26,27)(H3,28,29)(H,30,35)(H,31,38)(H,36,37)/t25-/m0/s1. The number of amidine groups is 2. The molecule has 204 valence electrons. The van der Waals surface area contributed by atoms with Crippen LogP contribution in [0.4, 0.5) is 5.69 Å². The zero-order chi connectivity index (χ0) is 28.9. The van der Waals surface area contributed by atoms with Gasteiger partial charge in [-0.05, 0) is 43.3 Å². The number of benzene rings is 2. The number of hydrogen-bond acceptors (Lipinski definition) is 8. The van der Waals surface area contributed by atoms with Crippen molar-refractivity contribution in [3.8, 4) is 0 Å². The Balaban J connectivity index is 1.92. The molecule has 1 atom stereocenters. The summed E-state index contributed by atoms with van der Waals surface area (Å²) in [6.07, 6.45) is -0.727. The fourth-order valence-corrected chi connectivity index (χ4v) is 4.15. The van der Waals surface area contributed by atoms with Crippen molar-refractivity contribution in [3.63, 3.8) is 0 Å². The van der Waals surface area contributed by atoms with E-state index in [2.05, 4.69) is 10.7 Å². The van der Waals surface area contributed by atoms with Crippen LogP contribution in [0.3, 0.4) is 0 Å². The molecular weight excluding hydrogens is 508 g/mol. The van der Waals surface area contributed by atoms with Gasteiger partial charge < -0.3 is 26.8 Å². The molecule has 0 bridgehead atoms. The predicted octanol–water partition coefficient (Wildman–Crippen LogP) is -0.515. The number of nitrogens with one attached hydrogen (secondary N) is 4. The number of nitrogen functional groups attached to an aromatic ring is 2. The molecule has 3 rings (SSSR count). The van der Waals surface area contributed by atoms with E-state index in [1.165, 1.54) is 48.5 Å². The second-order valence-electron chi connectivity index (χ2n) is 8.84. The second-order valence-corrected chi connectivity index (χ2v) is 8.84. The monoisotopic (exact) mass is 536 g/mol. The van der Waals surface area contributed by atoms with Crippen molar-refractivity contribution in [1.82, 2.24) is 15.3 Å². The molecule has 14 nitrogen and oxygen atoms in total. The van der Waals surface area contributed by atoms with E-state index in [9.17, 15) is 29.1 Å². The molecule has 0 radical (unpaired) electrons. The van der Waals surface area contributed by atoms with Crippen LogP contribution in [0.25, 0.3) is 0 Å². The van der Waals surface area contributed by atoms with Gasteiger partial charge in [0.1, 0.15) is 18.2 Å². The Bertz CT molecular complexity index is 1340. The largest absolute Gasteiger partial charge is 0.480 e. The second kappa shape index (κ2) is 11.5. The fourth-order valence-electron chi connectivity index (χ4n) is 4.15. The molecule has 0 unspecified atom stereocenters. The first-order chi connectivity index (χ1) is 18.3. The number of nitrogens with zero attached hydrogens (tertiary/aromatic N) is 2. The van der Waals surface area contributed by atoms with Crippen molar-refractivity contribution in [2.24, 2.45) is 11.5 Å². The van der Waals surface area contributed by atoms with Crippen LogP contribution in [0.15, 0.2) is 48.5 Å². The lowest BCUT2D eigenvalue weighted by atomic mass is 9.85. The summed E-state index contributed by atoms with van der Waals surface area (Å²) >= 11 is 0. The van der Waals surface area contributed by atoms with E-state index >= 15 is 0 Å². The summed E-state index contributed by atoms with van der Waals surface area (Å²) in [6.45, 7) is 0.114. The van der Waals surface area contributed by atoms with E-state index in [1.807, 2.05) is 0 Å². The van der Waals surface area contributed by atoms with Crippen LogP contribution in [-0.2, 0) is 19.2 Å². The topological polar surface area (TPSA) is 236 Å². The Morgan fingerprint density at radius 2 is 1.44 bits per heavy atom. The van der Waals surface area contributed by atoms with E-state index in [0.717, 1.165) is 16.8 Å². The first kappa shape index (κ1) is 28.5. The van der Waals surface area contributed by atoms with Gasteiger partial charge in [0.05, 0.1) is 6.42 Å². The number of hydrazine groups is 1. The molecular formula is C25H28N8O6. The molecule has 14 heteroatoms. The summed E-state index contributed by atoms with van der Waals surface area (Å²) in [6, 6.07) is 11.7. The van der Waals surface area contributed by atoms with Gasteiger partial charge in [0.15, 0.2) is 11.3 Å². The number of nitrogens with two attached hydrogens (primary N) is 2. The van der Waals surface area contributed by atoms with Gasteiger partial charge in [-0.15, -0.1) is 0 Å². The van der Waals surface area contributed by atoms with Crippen LogP contribution in [0.1, 0.15) is 34.8 Å². The molecule has 2 aromatic carbocycles. The molecule has 39 heavy (non-hydrogen) atoms. The number of carboxylic acid groups (broad SMARTS) is 1. The molecule has 0 aromatic heterocycles. The lowest BCUT2D eigenvalue weighted by Crippen LogP contribution is -2.73. The molecule has 0 spiro atoms. The smallest absolute Gasteiger partial charge is 0.323 e. The van der Waals surface area contributed by atoms with E-state index in [1.54, 1.807) is 0 Å². The van der Waals surface area contributed by atoms with Crippen molar-refractivity contribution in [3.05, 3.63) is 65.2 Å².